The number of nitrogens with zero attached hydrogens (tertiary/aromatic N) is 2. The number of rotatable bonds is 3. The van der Waals surface area contributed by atoms with E-state index in [1.165, 1.54) is 6.07 Å². The maximum absolute atomic E-state index is 14.1. The van der Waals surface area contributed by atoms with E-state index in [9.17, 15) is 19.8 Å². The molecule has 1 aliphatic rings. The Morgan fingerprint density at radius 1 is 1.30 bits per heavy atom. The SMILES string of the molecule is N#CC1(Cc2cccc([N+](=O)[O-])c2F)CCCCCC1. The number of nitro groups is 1. The Bertz CT molecular complexity index is 543. The minimum Gasteiger partial charge on any atom is -0.258 e. The molecule has 1 aromatic rings. The van der Waals surface area contributed by atoms with Crippen molar-refractivity contribution in [1.82, 2.24) is 0 Å². The highest BCUT2D eigenvalue weighted by Crippen LogP contribution is 2.38. The van der Waals surface area contributed by atoms with E-state index in [1.807, 2.05) is 0 Å². The molecule has 0 radical (unpaired) electrons. The van der Waals surface area contributed by atoms with Gasteiger partial charge in [-0.15, -0.1) is 0 Å². The predicted molar refractivity (Wildman–Crippen MR) is 72.5 cm³/mol. The van der Waals surface area contributed by atoms with Gasteiger partial charge in [0.25, 0.3) is 0 Å². The topological polar surface area (TPSA) is 66.9 Å². The molecule has 0 aromatic heterocycles. The normalized spacial score (nSPS) is 18.0. The van der Waals surface area contributed by atoms with Gasteiger partial charge in [-0.2, -0.15) is 9.65 Å². The zero-order chi connectivity index (χ0) is 14.6. The molecule has 1 aromatic carbocycles. The Labute approximate surface area is 117 Å². The van der Waals surface area contributed by atoms with Crippen LogP contribution in [0.5, 0.6) is 0 Å². The van der Waals surface area contributed by atoms with Crippen LogP contribution in [0, 0.1) is 32.7 Å². The molecule has 20 heavy (non-hydrogen) atoms. The van der Waals surface area contributed by atoms with Crippen molar-refractivity contribution < 1.29 is 9.31 Å². The fourth-order valence-electron chi connectivity index (χ4n) is 2.94. The van der Waals surface area contributed by atoms with E-state index in [0.717, 1.165) is 44.6 Å². The molecule has 0 bridgehead atoms. The van der Waals surface area contributed by atoms with Crippen LogP contribution in [0.1, 0.15) is 44.1 Å². The van der Waals surface area contributed by atoms with Crippen molar-refractivity contribution in [1.29, 1.82) is 5.26 Å². The first-order valence-electron chi connectivity index (χ1n) is 6.91. The zero-order valence-corrected chi connectivity index (χ0v) is 11.3. The van der Waals surface area contributed by atoms with Gasteiger partial charge in [0, 0.05) is 6.07 Å². The molecule has 2 rings (SSSR count). The van der Waals surface area contributed by atoms with Crippen LogP contribution in [-0.4, -0.2) is 4.92 Å². The number of hydrogen-bond acceptors (Lipinski definition) is 3. The number of nitro benzene ring substituents is 1. The van der Waals surface area contributed by atoms with Gasteiger partial charge in [0.05, 0.1) is 16.4 Å². The molecule has 1 saturated carbocycles. The molecule has 0 unspecified atom stereocenters. The van der Waals surface area contributed by atoms with E-state index < -0.39 is 21.8 Å². The summed E-state index contributed by atoms with van der Waals surface area (Å²) in [6, 6.07) is 6.54. The average Bonchev–Trinajstić information content (AvgIpc) is 2.67. The second kappa shape index (κ2) is 6.00. The minimum absolute atomic E-state index is 0.261. The molecule has 1 fully saturated rings. The van der Waals surface area contributed by atoms with E-state index in [1.54, 1.807) is 6.07 Å². The lowest BCUT2D eigenvalue weighted by Crippen LogP contribution is -2.21. The first-order chi connectivity index (χ1) is 9.58. The Balaban J connectivity index is 2.30. The fraction of sp³-hybridized carbons (Fsp3) is 0.533. The van der Waals surface area contributed by atoms with Crippen LogP contribution in [0.2, 0.25) is 0 Å². The van der Waals surface area contributed by atoms with E-state index in [2.05, 4.69) is 6.07 Å². The van der Waals surface area contributed by atoms with Crippen LogP contribution in [0.4, 0.5) is 10.1 Å². The molecule has 1 aliphatic carbocycles. The maximum Gasteiger partial charge on any atom is 0.305 e. The number of benzene rings is 1. The summed E-state index contributed by atoms with van der Waals surface area (Å²) in [7, 11) is 0. The third-order valence-corrected chi connectivity index (χ3v) is 4.08. The Morgan fingerprint density at radius 2 is 1.95 bits per heavy atom. The summed E-state index contributed by atoms with van der Waals surface area (Å²) >= 11 is 0. The summed E-state index contributed by atoms with van der Waals surface area (Å²) in [6.45, 7) is 0. The van der Waals surface area contributed by atoms with Crippen molar-refractivity contribution in [2.24, 2.45) is 5.41 Å². The molecular formula is C15H17FN2O2. The van der Waals surface area contributed by atoms with Crippen LogP contribution < -0.4 is 0 Å². The summed E-state index contributed by atoms with van der Waals surface area (Å²) in [6.07, 6.45) is 5.87. The van der Waals surface area contributed by atoms with Gasteiger partial charge in [-0.1, -0.05) is 37.8 Å². The molecular weight excluding hydrogens is 259 g/mol. The van der Waals surface area contributed by atoms with Gasteiger partial charge in [-0.3, -0.25) is 10.1 Å². The number of halogens is 1. The first-order valence-corrected chi connectivity index (χ1v) is 6.91. The van der Waals surface area contributed by atoms with Crippen molar-refractivity contribution in [2.45, 2.75) is 44.9 Å². The second-order valence-electron chi connectivity index (χ2n) is 5.49. The third-order valence-electron chi connectivity index (χ3n) is 4.08. The lowest BCUT2D eigenvalue weighted by molar-refractivity contribution is -0.387. The van der Waals surface area contributed by atoms with Gasteiger partial charge >= 0.3 is 5.69 Å². The minimum atomic E-state index is -0.795. The lowest BCUT2D eigenvalue weighted by atomic mass is 9.76. The molecule has 0 spiro atoms. The van der Waals surface area contributed by atoms with Gasteiger partial charge in [0.15, 0.2) is 0 Å². The van der Waals surface area contributed by atoms with Crippen molar-refractivity contribution in [3.63, 3.8) is 0 Å². The Kier molecular flexibility index (Phi) is 4.33. The van der Waals surface area contributed by atoms with Gasteiger partial charge in [-0.25, -0.2) is 0 Å². The summed E-state index contributed by atoms with van der Waals surface area (Å²) in [5.41, 5.74) is -0.807. The van der Waals surface area contributed by atoms with Crippen LogP contribution in [0.25, 0.3) is 0 Å². The van der Waals surface area contributed by atoms with Crippen molar-refractivity contribution in [2.75, 3.05) is 0 Å². The van der Waals surface area contributed by atoms with Crippen LogP contribution in [-0.2, 0) is 6.42 Å². The standard InChI is InChI=1S/C15H17FN2O2/c16-14-12(6-5-7-13(14)18(19)20)10-15(11-17)8-3-1-2-4-9-15/h5-7H,1-4,8-10H2. The summed E-state index contributed by atoms with van der Waals surface area (Å²) in [4.78, 5) is 10.1. The Morgan fingerprint density at radius 3 is 2.50 bits per heavy atom. The summed E-state index contributed by atoms with van der Waals surface area (Å²) < 4.78 is 14.1. The van der Waals surface area contributed by atoms with Crippen molar-refractivity contribution >= 4 is 5.69 Å². The highest BCUT2D eigenvalue weighted by atomic mass is 19.1. The number of hydrogen-bond donors (Lipinski definition) is 0. The highest BCUT2D eigenvalue weighted by molar-refractivity contribution is 5.37. The zero-order valence-electron chi connectivity index (χ0n) is 11.3. The van der Waals surface area contributed by atoms with E-state index >= 15 is 0 Å². The second-order valence-corrected chi connectivity index (χ2v) is 5.49. The van der Waals surface area contributed by atoms with Crippen LogP contribution in [0.3, 0.4) is 0 Å². The van der Waals surface area contributed by atoms with Gasteiger partial charge in [0.2, 0.25) is 5.82 Å². The summed E-state index contributed by atoms with van der Waals surface area (Å²) in [5, 5.41) is 20.3. The quantitative estimate of drug-likeness (QED) is 0.473. The fourth-order valence-corrected chi connectivity index (χ4v) is 2.94. The first kappa shape index (κ1) is 14.4. The molecule has 106 valence electrons. The number of nitriles is 1. The average molecular weight is 276 g/mol. The van der Waals surface area contributed by atoms with Gasteiger partial charge < -0.3 is 0 Å². The largest absolute Gasteiger partial charge is 0.305 e. The predicted octanol–water partition coefficient (Wildman–Crippen LogP) is 4.14. The molecule has 4 nitrogen and oxygen atoms in total. The molecule has 0 amide bonds. The lowest BCUT2D eigenvalue weighted by Gasteiger charge is -2.24. The third kappa shape index (κ3) is 2.96. The Hall–Kier alpha value is -1.96. The molecule has 0 atom stereocenters. The molecule has 0 aliphatic heterocycles. The van der Waals surface area contributed by atoms with Crippen LogP contribution in [0.15, 0.2) is 18.2 Å². The van der Waals surface area contributed by atoms with Gasteiger partial charge in [-0.05, 0) is 24.8 Å². The smallest absolute Gasteiger partial charge is 0.258 e. The van der Waals surface area contributed by atoms with Crippen molar-refractivity contribution in [3.8, 4) is 6.07 Å². The van der Waals surface area contributed by atoms with E-state index in [4.69, 9.17) is 0 Å². The summed E-state index contributed by atoms with van der Waals surface area (Å²) in [5.74, 6) is -0.795. The highest BCUT2D eigenvalue weighted by Gasteiger charge is 2.33. The molecule has 0 N–H and O–H groups in total. The van der Waals surface area contributed by atoms with E-state index in [0.29, 0.717) is 0 Å². The molecule has 0 saturated heterocycles. The van der Waals surface area contributed by atoms with Crippen molar-refractivity contribution in [3.05, 3.63) is 39.7 Å². The monoisotopic (exact) mass is 276 g/mol. The van der Waals surface area contributed by atoms with Crippen LogP contribution >= 0.6 is 0 Å². The van der Waals surface area contributed by atoms with E-state index in [-0.39, 0.29) is 12.0 Å². The van der Waals surface area contributed by atoms with Gasteiger partial charge in [0.1, 0.15) is 0 Å². The molecule has 0 heterocycles. The molecule has 5 heteroatoms. The maximum atomic E-state index is 14.1.